The zero-order valence-electron chi connectivity index (χ0n) is 9.67. The Balaban J connectivity index is 2.35. The highest BCUT2D eigenvalue weighted by atomic mass is 32.1. The Kier molecular flexibility index (Phi) is 6.58. The van der Waals surface area contributed by atoms with Crippen LogP contribution in [-0.4, -0.2) is 5.75 Å². The van der Waals surface area contributed by atoms with Crippen LogP contribution in [0.4, 0.5) is 0 Å². The van der Waals surface area contributed by atoms with Crippen molar-refractivity contribution in [2.24, 2.45) is 0 Å². The molecule has 0 aromatic heterocycles. The lowest BCUT2D eigenvalue weighted by Crippen LogP contribution is -1.89. The molecule has 15 heavy (non-hydrogen) atoms. The molecular formula is C14H21S. The van der Waals surface area contributed by atoms with Gasteiger partial charge in [-0.3, -0.25) is 0 Å². The fourth-order valence-electron chi connectivity index (χ4n) is 1.73. The van der Waals surface area contributed by atoms with Crippen molar-refractivity contribution >= 4 is 12.6 Å². The molecule has 0 atom stereocenters. The lowest BCUT2D eigenvalue weighted by Gasteiger charge is -2.03. The fourth-order valence-corrected chi connectivity index (χ4v) is 1.87. The molecule has 1 aromatic rings. The lowest BCUT2D eigenvalue weighted by atomic mass is 10.0. The minimum atomic E-state index is 0.873. The minimum Gasteiger partial charge on any atom is -0.0941 e. The van der Waals surface area contributed by atoms with Crippen molar-refractivity contribution in [2.75, 3.05) is 5.75 Å². The van der Waals surface area contributed by atoms with Gasteiger partial charge in [0.15, 0.2) is 0 Å². The molecule has 1 heteroatoms. The van der Waals surface area contributed by atoms with Gasteiger partial charge in [-0.2, -0.15) is 0 Å². The number of aryl methyl sites for hydroxylation is 2. The first-order valence-electron chi connectivity index (χ1n) is 6.02. The SMILES string of the molecule is CCCCCc1ccc(CCC[S])cc1. The van der Waals surface area contributed by atoms with Crippen molar-refractivity contribution in [3.05, 3.63) is 35.4 Å². The third-order valence-corrected chi connectivity index (χ3v) is 2.99. The molecule has 0 amide bonds. The van der Waals surface area contributed by atoms with Crippen LogP contribution in [0.2, 0.25) is 0 Å². The molecule has 0 fully saturated rings. The van der Waals surface area contributed by atoms with Crippen molar-refractivity contribution < 1.29 is 0 Å². The first kappa shape index (κ1) is 12.6. The first-order valence-corrected chi connectivity index (χ1v) is 6.60. The Bertz CT molecular complexity index is 251. The Morgan fingerprint density at radius 2 is 1.40 bits per heavy atom. The molecule has 0 aliphatic rings. The third kappa shape index (κ3) is 5.27. The summed E-state index contributed by atoms with van der Waals surface area (Å²) in [7, 11) is 0. The van der Waals surface area contributed by atoms with Crippen molar-refractivity contribution in [2.45, 2.75) is 45.4 Å². The van der Waals surface area contributed by atoms with E-state index in [1.807, 2.05) is 0 Å². The number of benzene rings is 1. The average molecular weight is 221 g/mol. The van der Waals surface area contributed by atoms with Gasteiger partial charge in [0.1, 0.15) is 0 Å². The van der Waals surface area contributed by atoms with Gasteiger partial charge in [-0.1, -0.05) is 56.7 Å². The molecule has 0 heterocycles. The highest BCUT2D eigenvalue weighted by molar-refractivity contribution is 7.80. The predicted octanol–water partition coefficient (Wildman–Crippen LogP) is 4.55. The van der Waals surface area contributed by atoms with Crippen LogP contribution < -0.4 is 0 Å². The van der Waals surface area contributed by atoms with E-state index < -0.39 is 0 Å². The van der Waals surface area contributed by atoms with Gasteiger partial charge in [0, 0.05) is 5.75 Å². The van der Waals surface area contributed by atoms with Gasteiger partial charge in [0.2, 0.25) is 0 Å². The summed E-state index contributed by atoms with van der Waals surface area (Å²) in [6.45, 7) is 2.25. The van der Waals surface area contributed by atoms with E-state index in [0.717, 1.165) is 18.6 Å². The maximum atomic E-state index is 4.95. The summed E-state index contributed by atoms with van der Waals surface area (Å²) in [5.74, 6) is 0.873. The van der Waals surface area contributed by atoms with E-state index in [1.54, 1.807) is 0 Å². The smallest absolute Gasteiger partial charge is 0.00401 e. The fraction of sp³-hybridized carbons (Fsp3) is 0.571. The van der Waals surface area contributed by atoms with Crippen LogP contribution in [0.25, 0.3) is 0 Å². The van der Waals surface area contributed by atoms with Gasteiger partial charge in [0.05, 0.1) is 0 Å². The first-order chi connectivity index (χ1) is 7.36. The van der Waals surface area contributed by atoms with Crippen LogP contribution in [0.5, 0.6) is 0 Å². The van der Waals surface area contributed by atoms with E-state index in [-0.39, 0.29) is 0 Å². The topological polar surface area (TPSA) is 0 Å². The molecule has 1 radical (unpaired) electrons. The molecule has 0 saturated carbocycles. The molecule has 0 saturated heterocycles. The van der Waals surface area contributed by atoms with Crippen LogP contribution >= 0.6 is 12.6 Å². The van der Waals surface area contributed by atoms with E-state index >= 15 is 0 Å². The predicted molar refractivity (Wildman–Crippen MR) is 70.5 cm³/mol. The van der Waals surface area contributed by atoms with Crippen LogP contribution in [-0.2, 0) is 12.8 Å². The van der Waals surface area contributed by atoms with Crippen molar-refractivity contribution in [1.29, 1.82) is 0 Å². The molecular weight excluding hydrogens is 200 g/mol. The summed E-state index contributed by atoms with van der Waals surface area (Å²) >= 11 is 4.95. The zero-order chi connectivity index (χ0) is 10.9. The second kappa shape index (κ2) is 7.81. The van der Waals surface area contributed by atoms with E-state index in [2.05, 4.69) is 31.2 Å². The molecule has 0 nitrogen and oxygen atoms in total. The van der Waals surface area contributed by atoms with Crippen molar-refractivity contribution in [3.63, 3.8) is 0 Å². The monoisotopic (exact) mass is 221 g/mol. The Labute approximate surface area is 99.5 Å². The summed E-state index contributed by atoms with van der Waals surface area (Å²) in [6, 6.07) is 9.06. The van der Waals surface area contributed by atoms with E-state index in [1.165, 1.54) is 36.8 Å². The van der Waals surface area contributed by atoms with Crippen molar-refractivity contribution in [3.8, 4) is 0 Å². The summed E-state index contributed by atoms with van der Waals surface area (Å²) in [5.41, 5.74) is 2.91. The van der Waals surface area contributed by atoms with E-state index in [0.29, 0.717) is 0 Å². The Morgan fingerprint density at radius 3 is 1.87 bits per heavy atom. The highest BCUT2D eigenvalue weighted by Crippen LogP contribution is 2.10. The minimum absolute atomic E-state index is 0.873. The second-order valence-electron chi connectivity index (χ2n) is 4.08. The molecule has 0 spiro atoms. The second-order valence-corrected chi connectivity index (χ2v) is 4.49. The molecule has 83 valence electrons. The third-order valence-electron chi connectivity index (χ3n) is 2.70. The molecule has 0 aliphatic heterocycles. The van der Waals surface area contributed by atoms with Gasteiger partial charge < -0.3 is 0 Å². The van der Waals surface area contributed by atoms with E-state index in [9.17, 15) is 0 Å². The lowest BCUT2D eigenvalue weighted by molar-refractivity contribution is 0.717. The number of hydrogen-bond donors (Lipinski definition) is 0. The number of rotatable bonds is 7. The normalized spacial score (nSPS) is 10.5. The average Bonchev–Trinajstić information content (AvgIpc) is 2.28. The van der Waals surface area contributed by atoms with Gasteiger partial charge >= 0.3 is 0 Å². The van der Waals surface area contributed by atoms with Crippen LogP contribution in [0.1, 0.15) is 43.7 Å². The van der Waals surface area contributed by atoms with Gasteiger partial charge in [-0.05, 0) is 36.8 Å². The standard InChI is InChI=1S/C14H21S/c1-2-3-4-6-13-8-10-14(11-9-13)7-5-12-15/h8-11H,2-7,12H2,1H3. The van der Waals surface area contributed by atoms with Crippen LogP contribution in [0.15, 0.2) is 24.3 Å². The zero-order valence-corrected chi connectivity index (χ0v) is 10.5. The molecule has 1 rings (SSSR count). The Morgan fingerprint density at radius 1 is 0.867 bits per heavy atom. The van der Waals surface area contributed by atoms with Gasteiger partial charge in [0.25, 0.3) is 0 Å². The largest absolute Gasteiger partial charge is 0.0941 e. The number of unbranched alkanes of at least 4 members (excludes halogenated alkanes) is 2. The summed E-state index contributed by atoms with van der Waals surface area (Å²) in [4.78, 5) is 0. The maximum Gasteiger partial charge on any atom is 0.00401 e. The molecule has 1 aromatic carbocycles. The summed E-state index contributed by atoms with van der Waals surface area (Å²) in [5, 5.41) is 0. The number of hydrogen-bond acceptors (Lipinski definition) is 0. The molecule has 0 unspecified atom stereocenters. The maximum absolute atomic E-state index is 4.95. The quantitative estimate of drug-likeness (QED) is 0.593. The van der Waals surface area contributed by atoms with Crippen molar-refractivity contribution in [1.82, 2.24) is 0 Å². The van der Waals surface area contributed by atoms with Gasteiger partial charge in [-0.15, -0.1) is 0 Å². The summed E-state index contributed by atoms with van der Waals surface area (Å²) in [6.07, 6.45) is 7.47. The van der Waals surface area contributed by atoms with E-state index in [4.69, 9.17) is 12.6 Å². The summed E-state index contributed by atoms with van der Waals surface area (Å²) < 4.78 is 0. The van der Waals surface area contributed by atoms with Gasteiger partial charge in [-0.25, -0.2) is 0 Å². The Hall–Kier alpha value is -0.430. The van der Waals surface area contributed by atoms with Crippen LogP contribution in [0.3, 0.4) is 0 Å². The molecule has 0 aliphatic carbocycles. The molecule has 0 bridgehead atoms. The highest BCUT2D eigenvalue weighted by Gasteiger charge is 1.95. The van der Waals surface area contributed by atoms with Crippen LogP contribution in [0, 0.1) is 0 Å². The molecule has 0 N–H and O–H groups in total.